The summed E-state index contributed by atoms with van der Waals surface area (Å²) in [6.45, 7) is 7.39. The molecule has 1 amide bonds. The minimum absolute atomic E-state index is 0.118. The van der Waals surface area contributed by atoms with Crippen molar-refractivity contribution in [1.29, 1.82) is 0 Å². The van der Waals surface area contributed by atoms with Gasteiger partial charge in [-0.1, -0.05) is 43.7 Å². The van der Waals surface area contributed by atoms with Gasteiger partial charge in [0, 0.05) is 19.0 Å². The van der Waals surface area contributed by atoms with Gasteiger partial charge < -0.3 is 9.64 Å². The summed E-state index contributed by atoms with van der Waals surface area (Å²) in [5.74, 6) is 0.832. The van der Waals surface area contributed by atoms with Crippen LogP contribution in [0.4, 0.5) is 0 Å². The Kier molecular flexibility index (Phi) is 6.27. The summed E-state index contributed by atoms with van der Waals surface area (Å²) in [5, 5.41) is 0. The molecule has 3 rings (SSSR count). The molecular formula is C20H30N2O2. The first-order valence-corrected chi connectivity index (χ1v) is 9.42. The number of hydrogen-bond donors (Lipinski definition) is 0. The Bertz CT molecular complexity index is 520. The van der Waals surface area contributed by atoms with E-state index in [1.165, 1.54) is 18.4 Å². The van der Waals surface area contributed by atoms with Crippen LogP contribution in [-0.2, 0) is 16.1 Å². The Morgan fingerprint density at radius 2 is 2.00 bits per heavy atom. The molecule has 132 valence electrons. The van der Waals surface area contributed by atoms with E-state index in [0.29, 0.717) is 18.4 Å². The summed E-state index contributed by atoms with van der Waals surface area (Å²) >= 11 is 0. The largest absolute Gasteiger partial charge is 0.376 e. The molecule has 24 heavy (non-hydrogen) atoms. The molecule has 2 heterocycles. The van der Waals surface area contributed by atoms with Crippen molar-refractivity contribution < 1.29 is 9.53 Å². The van der Waals surface area contributed by atoms with Gasteiger partial charge in [-0.3, -0.25) is 9.69 Å². The number of nitrogens with zero attached hydrogens (tertiary/aromatic N) is 2. The Labute approximate surface area is 145 Å². The van der Waals surface area contributed by atoms with Crippen LogP contribution in [0.3, 0.4) is 0 Å². The van der Waals surface area contributed by atoms with Crippen LogP contribution in [0, 0.1) is 5.92 Å². The number of piperidine rings is 1. The SMILES string of the molecule is CCN1CCCC[C@H]1C(=O)N1CC[C@H](COCc2ccccc2)C1. The van der Waals surface area contributed by atoms with Gasteiger partial charge in [0.2, 0.25) is 5.91 Å². The molecule has 0 N–H and O–H groups in total. The van der Waals surface area contributed by atoms with E-state index < -0.39 is 0 Å². The van der Waals surface area contributed by atoms with Crippen LogP contribution < -0.4 is 0 Å². The fraction of sp³-hybridized carbons (Fsp3) is 0.650. The Balaban J connectivity index is 1.43. The predicted molar refractivity (Wildman–Crippen MR) is 95.7 cm³/mol. The monoisotopic (exact) mass is 330 g/mol. The number of rotatable bonds is 6. The molecule has 1 aromatic rings. The zero-order chi connectivity index (χ0) is 16.8. The molecule has 0 aliphatic carbocycles. The van der Waals surface area contributed by atoms with Gasteiger partial charge in [0.25, 0.3) is 0 Å². The molecule has 0 saturated carbocycles. The third-order valence-corrected chi connectivity index (χ3v) is 5.37. The summed E-state index contributed by atoms with van der Waals surface area (Å²) in [6.07, 6.45) is 4.51. The normalized spacial score (nSPS) is 25.1. The highest BCUT2D eigenvalue weighted by Gasteiger charge is 2.34. The van der Waals surface area contributed by atoms with E-state index in [1.54, 1.807) is 0 Å². The maximum absolute atomic E-state index is 12.9. The molecule has 0 bridgehead atoms. The summed E-state index contributed by atoms with van der Waals surface area (Å²) < 4.78 is 5.87. The zero-order valence-electron chi connectivity index (χ0n) is 14.8. The fourth-order valence-electron chi connectivity index (χ4n) is 3.95. The van der Waals surface area contributed by atoms with Gasteiger partial charge in [0.1, 0.15) is 0 Å². The fourth-order valence-corrected chi connectivity index (χ4v) is 3.95. The second-order valence-electron chi connectivity index (χ2n) is 7.08. The van der Waals surface area contributed by atoms with Crippen molar-refractivity contribution in [3.8, 4) is 0 Å². The van der Waals surface area contributed by atoms with Crippen molar-refractivity contribution in [2.24, 2.45) is 5.92 Å². The number of likely N-dealkylation sites (N-methyl/N-ethyl adjacent to an activating group) is 1. The van der Waals surface area contributed by atoms with E-state index in [-0.39, 0.29) is 6.04 Å². The molecule has 4 heteroatoms. The highest BCUT2D eigenvalue weighted by Crippen LogP contribution is 2.23. The van der Waals surface area contributed by atoms with Crippen LogP contribution in [-0.4, -0.2) is 54.5 Å². The lowest BCUT2D eigenvalue weighted by molar-refractivity contribution is -0.137. The number of likely N-dealkylation sites (tertiary alicyclic amines) is 2. The van der Waals surface area contributed by atoms with Gasteiger partial charge >= 0.3 is 0 Å². The second-order valence-corrected chi connectivity index (χ2v) is 7.08. The minimum Gasteiger partial charge on any atom is -0.376 e. The van der Waals surface area contributed by atoms with Crippen LogP contribution in [0.5, 0.6) is 0 Å². The number of carbonyl (C=O) groups excluding carboxylic acids is 1. The first kappa shape index (κ1) is 17.4. The maximum Gasteiger partial charge on any atom is 0.239 e. The Morgan fingerprint density at radius 1 is 1.17 bits per heavy atom. The molecule has 0 aromatic heterocycles. The lowest BCUT2D eigenvalue weighted by atomic mass is 10.0. The Hall–Kier alpha value is -1.39. The third kappa shape index (κ3) is 4.37. The number of carbonyl (C=O) groups is 1. The van der Waals surface area contributed by atoms with Gasteiger partial charge in [-0.2, -0.15) is 0 Å². The van der Waals surface area contributed by atoms with Crippen molar-refractivity contribution in [1.82, 2.24) is 9.80 Å². The molecule has 2 aliphatic rings. The molecule has 0 unspecified atom stereocenters. The molecule has 2 atom stereocenters. The molecule has 2 aliphatic heterocycles. The van der Waals surface area contributed by atoms with Crippen LogP contribution in [0.25, 0.3) is 0 Å². The lowest BCUT2D eigenvalue weighted by Gasteiger charge is -2.36. The van der Waals surface area contributed by atoms with Gasteiger partial charge in [0.05, 0.1) is 19.3 Å². The lowest BCUT2D eigenvalue weighted by Crippen LogP contribution is -2.50. The standard InChI is InChI=1S/C20H30N2O2/c1-2-21-12-7-6-10-19(21)20(23)22-13-11-18(14-22)16-24-15-17-8-4-3-5-9-17/h3-5,8-9,18-19H,2,6-7,10-16H2,1H3/t18-,19-/m0/s1. The van der Waals surface area contributed by atoms with Gasteiger partial charge in [-0.05, 0) is 37.9 Å². The van der Waals surface area contributed by atoms with Gasteiger partial charge in [0.15, 0.2) is 0 Å². The van der Waals surface area contributed by atoms with E-state index in [0.717, 1.165) is 45.6 Å². The van der Waals surface area contributed by atoms with Crippen molar-refractivity contribution >= 4 is 5.91 Å². The number of amides is 1. The number of ether oxygens (including phenoxy) is 1. The summed E-state index contributed by atoms with van der Waals surface area (Å²) in [5.41, 5.74) is 1.21. The summed E-state index contributed by atoms with van der Waals surface area (Å²) in [6, 6.07) is 10.4. The van der Waals surface area contributed by atoms with Gasteiger partial charge in [-0.25, -0.2) is 0 Å². The molecule has 1 aromatic carbocycles. The van der Waals surface area contributed by atoms with Crippen molar-refractivity contribution in [3.05, 3.63) is 35.9 Å². The molecule has 2 saturated heterocycles. The molecule has 0 radical (unpaired) electrons. The second kappa shape index (κ2) is 8.63. The van der Waals surface area contributed by atoms with Gasteiger partial charge in [-0.15, -0.1) is 0 Å². The molecule has 2 fully saturated rings. The highest BCUT2D eigenvalue weighted by atomic mass is 16.5. The first-order chi connectivity index (χ1) is 11.8. The Morgan fingerprint density at radius 3 is 2.79 bits per heavy atom. The van der Waals surface area contributed by atoms with Crippen molar-refractivity contribution in [3.63, 3.8) is 0 Å². The molecule has 0 spiro atoms. The minimum atomic E-state index is 0.118. The number of benzene rings is 1. The van der Waals surface area contributed by atoms with Crippen LogP contribution in [0.1, 0.15) is 38.2 Å². The predicted octanol–water partition coefficient (Wildman–Crippen LogP) is 2.93. The summed E-state index contributed by atoms with van der Waals surface area (Å²) in [7, 11) is 0. The van der Waals surface area contributed by atoms with Crippen molar-refractivity contribution in [2.75, 3.05) is 32.8 Å². The highest BCUT2D eigenvalue weighted by molar-refractivity contribution is 5.82. The van der Waals surface area contributed by atoms with E-state index in [1.807, 2.05) is 18.2 Å². The van der Waals surface area contributed by atoms with Crippen LogP contribution in [0.2, 0.25) is 0 Å². The summed E-state index contributed by atoms with van der Waals surface area (Å²) in [4.78, 5) is 17.3. The van der Waals surface area contributed by atoms with E-state index in [9.17, 15) is 4.79 Å². The molecule has 4 nitrogen and oxygen atoms in total. The average molecular weight is 330 g/mol. The quantitative estimate of drug-likeness (QED) is 0.804. The van der Waals surface area contributed by atoms with Crippen molar-refractivity contribution in [2.45, 2.75) is 45.3 Å². The molecular weight excluding hydrogens is 300 g/mol. The zero-order valence-corrected chi connectivity index (χ0v) is 14.8. The van der Waals surface area contributed by atoms with Crippen LogP contribution >= 0.6 is 0 Å². The smallest absolute Gasteiger partial charge is 0.239 e. The number of hydrogen-bond acceptors (Lipinski definition) is 3. The topological polar surface area (TPSA) is 32.8 Å². The maximum atomic E-state index is 12.9. The van der Waals surface area contributed by atoms with E-state index >= 15 is 0 Å². The average Bonchev–Trinajstić information content (AvgIpc) is 3.11. The van der Waals surface area contributed by atoms with E-state index in [4.69, 9.17) is 4.74 Å². The third-order valence-electron chi connectivity index (χ3n) is 5.37. The van der Waals surface area contributed by atoms with E-state index in [2.05, 4.69) is 28.9 Å². The van der Waals surface area contributed by atoms with Crippen LogP contribution in [0.15, 0.2) is 30.3 Å². The first-order valence-electron chi connectivity index (χ1n) is 9.42.